The van der Waals surface area contributed by atoms with E-state index in [1.54, 1.807) is 21.9 Å². The first-order valence-corrected chi connectivity index (χ1v) is 9.33. The molecule has 26 heavy (non-hydrogen) atoms. The van der Waals surface area contributed by atoms with Crippen LogP contribution in [-0.2, 0) is 9.53 Å². The van der Waals surface area contributed by atoms with Crippen LogP contribution in [0.5, 0.6) is 5.75 Å². The minimum Gasteiger partial charge on any atom is -0.484 e. The molecule has 0 atom stereocenters. The molecular weight excluding hydrogens is 356 g/mol. The Morgan fingerprint density at radius 1 is 1.15 bits per heavy atom. The maximum absolute atomic E-state index is 12.4. The van der Waals surface area contributed by atoms with Gasteiger partial charge in [0.1, 0.15) is 5.75 Å². The molecule has 0 aliphatic carbocycles. The van der Waals surface area contributed by atoms with Crippen molar-refractivity contribution >= 4 is 23.6 Å². The van der Waals surface area contributed by atoms with Gasteiger partial charge in [0.15, 0.2) is 6.61 Å². The van der Waals surface area contributed by atoms with Gasteiger partial charge < -0.3 is 19.3 Å². The van der Waals surface area contributed by atoms with E-state index in [0.29, 0.717) is 49.5 Å². The van der Waals surface area contributed by atoms with Crippen molar-refractivity contribution in [3.8, 4) is 5.75 Å². The molecule has 1 heterocycles. The van der Waals surface area contributed by atoms with Crippen LogP contribution in [0.15, 0.2) is 18.2 Å². The predicted octanol–water partition coefficient (Wildman–Crippen LogP) is 3.35. The van der Waals surface area contributed by atoms with Crippen LogP contribution in [0.3, 0.4) is 0 Å². The summed E-state index contributed by atoms with van der Waals surface area (Å²) in [7, 11) is 0. The topological polar surface area (TPSA) is 59.1 Å². The summed E-state index contributed by atoms with van der Waals surface area (Å²) in [6.45, 7) is 8.43. The zero-order chi connectivity index (χ0) is 19.1. The standard InChI is InChI=1S/C19H27ClN2O4/c1-14(2)12-26-19(24)22-8-4-7-21(9-10-22)18(23)13-25-16-5-6-17(20)15(3)11-16/h5-6,11,14H,4,7-10,12-13H2,1-3H3. The number of aryl methyl sites for hydroxylation is 1. The average molecular weight is 383 g/mol. The molecule has 1 saturated heterocycles. The van der Waals surface area contributed by atoms with Crippen LogP contribution >= 0.6 is 11.6 Å². The fourth-order valence-corrected chi connectivity index (χ4v) is 2.74. The lowest BCUT2D eigenvalue weighted by Gasteiger charge is -2.22. The second kappa shape index (κ2) is 9.67. The van der Waals surface area contributed by atoms with Crippen molar-refractivity contribution < 1.29 is 19.1 Å². The third-order valence-corrected chi connectivity index (χ3v) is 4.56. The molecule has 2 rings (SSSR count). The van der Waals surface area contributed by atoms with E-state index in [1.165, 1.54) is 0 Å². The number of nitrogens with zero attached hydrogens (tertiary/aromatic N) is 2. The maximum Gasteiger partial charge on any atom is 0.409 e. The highest BCUT2D eigenvalue weighted by molar-refractivity contribution is 6.31. The smallest absolute Gasteiger partial charge is 0.409 e. The molecule has 0 radical (unpaired) electrons. The van der Waals surface area contributed by atoms with Gasteiger partial charge in [-0.1, -0.05) is 25.4 Å². The molecule has 1 aromatic carbocycles. The number of benzene rings is 1. The highest BCUT2D eigenvalue weighted by Crippen LogP contribution is 2.21. The summed E-state index contributed by atoms with van der Waals surface area (Å²) < 4.78 is 10.9. The van der Waals surface area contributed by atoms with Crippen LogP contribution in [0.2, 0.25) is 5.02 Å². The van der Waals surface area contributed by atoms with E-state index in [0.717, 1.165) is 12.0 Å². The summed E-state index contributed by atoms with van der Waals surface area (Å²) in [6.07, 6.45) is 0.420. The Kier molecular flexibility index (Phi) is 7.57. The predicted molar refractivity (Wildman–Crippen MR) is 101 cm³/mol. The normalized spacial score (nSPS) is 15.0. The fourth-order valence-electron chi connectivity index (χ4n) is 2.62. The molecule has 6 nitrogen and oxygen atoms in total. The van der Waals surface area contributed by atoms with Gasteiger partial charge in [0.05, 0.1) is 6.61 Å². The average Bonchev–Trinajstić information content (AvgIpc) is 2.86. The molecule has 0 aromatic heterocycles. The first-order valence-electron chi connectivity index (χ1n) is 8.95. The van der Waals surface area contributed by atoms with Crippen LogP contribution in [0, 0.1) is 12.8 Å². The van der Waals surface area contributed by atoms with Gasteiger partial charge in [0, 0.05) is 31.2 Å². The summed E-state index contributed by atoms with van der Waals surface area (Å²) >= 11 is 5.99. The lowest BCUT2D eigenvalue weighted by molar-refractivity contribution is -0.133. The van der Waals surface area contributed by atoms with Gasteiger partial charge in [-0.05, 0) is 43.0 Å². The summed E-state index contributed by atoms with van der Waals surface area (Å²) in [5.41, 5.74) is 0.905. The molecular formula is C19H27ClN2O4. The van der Waals surface area contributed by atoms with Crippen LogP contribution in [0.4, 0.5) is 4.79 Å². The SMILES string of the molecule is Cc1cc(OCC(=O)N2CCCN(C(=O)OCC(C)C)CC2)ccc1Cl. The molecule has 1 aromatic rings. The highest BCUT2D eigenvalue weighted by Gasteiger charge is 2.23. The van der Waals surface area contributed by atoms with E-state index in [4.69, 9.17) is 21.1 Å². The first-order chi connectivity index (χ1) is 12.4. The zero-order valence-electron chi connectivity index (χ0n) is 15.7. The van der Waals surface area contributed by atoms with Crippen LogP contribution in [0.25, 0.3) is 0 Å². The number of rotatable bonds is 5. The summed E-state index contributed by atoms with van der Waals surface area (Å²) in [5, 5.41) is 0.667. The molecule has 0 saturated carbocycles. The van der Waals surface area contributed by atoms with Gasteiger partial charge >= 0.3 is 6.09 Å². The number of carbonyl (C=O) groups excluding carboxylic acids is 2. The van der Waals surface area contributed by atoms with Gasteiger partial charge in [-0.2, -0.15) is 0 Å². The number of carbonyl (C=O) groups is 2. The third kappa shape index (κ3) is 6.09. The number of hydrogen-bond donors (Lipinski definition) is 0. The van der Waals surface area contributed by atoms with Gasteiger partial charge in [-0.25, -0.2) is 4.79 Å². The van der Waals surface area contributed by atoms with Gasteiger partial charge in [-0.3, -0.25) is 4.79 Å². The fraction of sp³-hybridized carbons (Fsp3) is 0.579. The van der Waals surface area contributed by atoms with Crippen molar-refractivity contribution in [2.45, 2.75) is 27.2 Å². The summed E-state index contributed by atoms with van der Waals surface area (Å²) in [6, 6.07) is 5.31. The van der Waals surface area contributed by atoms with E-state index in [9.17, 15) is 9.59 Å². The Morgan fingerprint density at radius 2 is 1.85 bits per heavy atom. The third-order valence-electron chi connectivity index (χ3n) is 4.14. The zero-order valence-corrected chi connectivity index (χ0v) is 16.4. The van der Waals surface area contributed by atoms with E-state index >= 15 is 0 Å². The quantitative estimate of drug-likeness (QED) is 0.783. The maximum atomic E-state index is 12.4. The Balaban J connectivity index is 1.81. The van der Waals surface area contributed by atoms with E-state index in [-0.39, 0.29) is 18.6 Å². The Labute approximate surface area is 160 Å². The van der Waals surface area contributed by atoms with Gasteiger partial charge in [-0.15, -0.1) is 0 Å². The van der Waals surface area contributed by atoms with Crippen LogP contribution in [0.1, 0.15) is 25.8 Å². The lowest BCUT2D eigenvalue weighted by atomic mass is 10.2. The second-order valence-corrected chi connectivity index (χ2v) is 7.30. The Hall–Kier alpha value is -1.95. The van der Waals surface area contributed by atoms with E-state index < -0.39 is 0 Å². The van der Waals surface area contributed by atoms with Crippen molar-refractivity contribution in [2.24, 2.45) is 5.92 Å². The molecule has 1 aliphatic heterocycles. The van der Waals surface area contributed by atoms with Crippen molar-refractivity contribution in [3.63, 3.8) is 0 Å². The summed E-state index contributed by atoms with van der Waals surface area (Å²) in [4.78, 5) is 27.9. The summed E-state index contributed by atoms with van der Waals surface area (Å²) in [5.74, 6) is 0.835. The monoisotopic (exact) mass is 382 g/mol. The number of hydrogen-bond acceptors (Lipinski definition) is 4. The highest BCUT2D eigenvalue weighted by atomic mass is 35.5. The number of halogens is 1. The van der Waals surface area contributed by atoms with Gasteiger partial charge in [0.2, 0.25) is 0 Å². The Morgan fingerprint density at radius 3 is 2.54 bits per heavy atom. The number of ether oxygens (including phenoxy) is 2. The molecule has 1 fully saturated rings. The molecule has 0 N–H and O–H groups in total. The van der Waals surface area contributed by atoms with Crippen LogP contribution in [-0.4, -0.2) is 61.2 Å². The first kappa shape index (κ1) is 20.4. The second-order valence-electron chi connectivity index (χ2n) is 6.89. The minimum absolute atomic E-state index is 0.0289. The molecule has 144 valence electrons. The molecule has 7 heteroatoms. The minimum atomic E-state index is -0.305. The van der Waals surface area contributed by atoms with E-state index in [1.807, 2.05) is 26.8 Å². The van der Waals surface area contributed by atoms with Crippen molar-refractivity contribution in [3.05, 3.63) is 28.8 Å². The lowest BCUT2D eigenvalue weighted by Crippen LogP contribution is -2.39. The molecule has 0 bridgehead atoms. The molecule has 0 unspecified atom stereocenters. The molecule has 2 amide bonds. The molecule has 0 spiro atoms. The Bertz CT molecular complexity index is 636. The van der Waals surface area contributed by atoms with Crippen molar-refractivity contribution in [1.29, 1.82) is 0 Å². The molecule has 1 aliphatic rings. The number of amides is 2. The van der Waals surface area contributed by atoms with Crippen LogP contribution < -0.4 is 4.74 Å². The van der Waals surface area contributed by atoms with Gasteiger partial charge in [0.25, 0.3) is 5.91 Å². The van der Waals surface area contributed by atoms with Crippen molar-refractivity contribution in [1.82, 2.24) is 9.80 Å². The largest absolute Gasteiger partial charge is 0.484 e. The van der Waals surface area contributed by atoms with E-state index in [2.05, 4.69) is 0 Å². The van der Waals surface area contributed by atoms with Crippen molar-refractivity contribution in [2.75, 3.05) is 39.4 Å².